The van der Waals surface area contributed by atoms with Crippen molar-refractivity contribution in [1.82, 2.24) is 10.2 Å². The van der Waals surface area contributed by atoms with E-state index in [1.54, 1.807) is 7.11 Å². The number of fused-ring (bicyclic) bond motifs is 1. The smallest absolute Gasteiger partial charge is 0.251 e. The van der Waals surface area contributed by atoms with Crippen LogP contribution in [0.25, 0.3) is 0 Å². The van der Waals surface area contributed by atoms with Crippen LogP contribution in [0.4, 0.5) is 0 Å². The molecule has 2 aromatic carbocycles. The maximum Gasteiger partial charge on any atom is 0.251 e. The number of ether oxygens (including phenoxy) is 3. The lowest BCUT2D eigenvalue weighted by molar-refractivity contribution is 0.0342. The maximum atomic E-state index is 13.0. The van der Waals surface area contributed by atoms with Gasteiger partial charge in [0.05, 0.1) is 26.4 Å². The van der Waals surface area contributed by atoms with Gasteiger partial charge in [0.15, 0.2) is 0 Å². The summed E-state index contributed by atoms with van der Waals surface area (Å²) in [6.45, 7) is 8.43. The topological polar surface area (TPSA) is 60.0 Å². The second-order valence-electron chi connectivity index (χ2n) is 8.58. The zero-order valence-electron chi connectivity index (χ0n) is 17.9. The first-order valence-corrected chi connectivity index (χ1v) is 10.5. The summed E-state index contributed by atoms with van der Waals surface area (Å²) in [6, 6.07) is 13.5. The number of carbonyl (C=O) groups excluding carboxylic acids is 1. The Morgan fingerprint density at radius 1 is 1.17 bits per heavy atom. The molecular weight excluding hydrogens is 380 g/mol. The van der Waals surface area contributed by atoms with Gasteiger partial charge < -0.3 is 19.5 Å². The van der Waals surface area contributed by atoms with Crippen molar-refractivity contribution in [2.45, 2.75) is 38.5 Å². The van der Waals surface area contributed by atoms with Crippen LogP contribution in [-0.4, -0.2) is 49.8 Å². The van der Waals surface area contributed by atoms with Crippen molar-refractivity contribution < 1.29 is 19.0 Å². The number of nitrogens with zero attached hydrogens (tertiary/aromatic N) is 1. The van der Waals surface area contributed by atoms with Crippen molar-refractivity contribution in [3.63, 3.8) is 0 Å². The Bertz CT molecular complexity index is 889. The van der Waals surface area contributed by atoms with Gasteiger partial charge in [-0.05, 0) is 49.7 Å². The van der Waals surface area contributed by atoms with Crippen molar-refractivity contribution in [2.24, 2.45) is 0 Å². The minimum absolute atomic E-state index is 0.0793. The van der Waals surface area contributed by atoms with E-state index in [0.29, 0.717) is 12.0 Å². The zero-order chi connectivity index (χ0) is 21.1. The molecule has 1 saturated heterocycles. The number of benzene rings is 2. The monoisotopic (exact) mass is 410 g/mol. The zero-order valence-corrected chi connectivity index (χ0v) is 17.9. The molecule has 160 valence electrons. The molecule has 0 radical (unpaired) electrons. The molecule has 2 heterocycles. The van der Waals surface area contributed by atoms with Crippen LogP contribution in [0.15, 0.2) is 42.5 Å². The van der Waals surface area contributed by atoms with Crippen molar-refractivity contribution in [2.75, 3.05) is 33.4 Å². The number of hydrogen-bond donors (Lipinski definition) is 1. The standard InChI is InChI=1S/C24H30N2O4/c1-24(2)15-21(20-14-19(28-3)8-9-22(20)30-24)25-23(27)18-6-4-17(5-7-18)16-26-10-12-29-13-11-26/h4-9,14,21H,10-13,15-16H2,1-3H3,(H,25,27). The third-order valence-electron chi connectivity index (χ3n) is 5.71. The van der Waals surface area contributed by atoms with E-state index in [-0.39, 0.29) is 17.6 Å². The molecule has 6 nitrogen and oxygen atoms in total. The molecule has 2 aromatic rings. The summed E-state index contributed by atoms with van der Waals surface area (Å²) in [6.07, 6.45) is 0.689. The van der Waals surface area contributed by atoms with E-state index in [4.69, 9.17) is 14.2 Å². The van der Waals surface area contributed by atoms with Gasteiger partial charge in [-0.1, -0.05) is 12.1 Å². The summed E-state index contributed by atoms with van der Waals surface area (Å²) >= 11 is 0. The molecule has 6 heteroatoms. The highest BCUT2D eigenvalue weighted by molar-refractivity contribution is 5.94. The van der Waals surface area contributed by atoms with Crippen molar-refractivity contribution in [3.8, 4) is 11.5 Å². The van der Waals surface area contributed by atoms with E-state index in [9.17, 15) is 4.79 Å². The predicted octanol–water partition coefficient (Wildman–Crippen LogP) is 3.56. The molecule has 2 aliphatic heterocycles. The van der Waals surface area contributed by atoms with E-state index in [1.165, 1.54) is 5.56 Å². The summed E-state index contributed by atoms with van der Waals surface area (Å²) in [7, 11) is 1.64. The molecule has 0 aliphatic carbocycles. The third kappa shape index (κ3) is 4.77. The number of hydrogen-bond acceptors (Lipinski definition) is 5. The molecule has 1 atom stereocenters. The second-order valence-corrected chi connectivity index (χ2v) is 8.58. The fourth-order valence-corrected chi connectivity index (χ4v) is 4.11. The summed E-state index contributed by atoms with van der Waals surface area (Å²) < 4.78 is 16.9. The third-order valence-corrected chi connectivity index (χ3v) is 5.71. The summed E-state index contributed by atoms with van der Waals surface area (Å²) in [5.41, 5.74) is 2.46. The van der Waals surface area contributed by atoms with Gasteiger partial charge in [-0.25, -0.2) is 0 Å². The number of nitrogens with one attached hydrogen (secondary N) is 1. The molecule has 0 bridgehead atoms. The van der Waals surface area contributed by atoms with Gasteiger partial charge in [0, 0.05) is 37.2 Å². The van der Waals surface area contributed by atoms with E-state index in [0.717, 1.165) is 49.9 Å². The maximum absolute atomic E-state index is 13.0. The Labute approximate surface area is 178 Å². The Morgan fingerprint density at radius 3 is 2.60 bits per heavy atom. The first-order valence-electron chi connectivity index (χ1n) is 10.5. The van der Waals surface area contributed by atoms with Gasteiger partial charge >= 0.3 is 0 Å². The van der Waals surface area contributed by atoms with E-state index in [1.807, 2.05) is 56.3 Å². The summed E-state index contributed by atoms with van der Waals surface area (Å²) in [4.78, 5) is 15.3. The fourth-order valence-electron chi connectivity index (χ4n) is 4.11. The van der Waals surface area contributed by atoms with Crippen molar-refractivity contribution in [1.29, 1.82) is 0 Å². The Morgan fingerprint density at radius 2 is 1.90 bits per heavy atom. The van der Waals surface area contributed by atoms with Gasteiger partial charge in [-0.2, -0.15) is 0 Å². The van der Waals surface area contributed by atoms with Gasteiger partial charge in [-0.3, -0.25) is 9.69 Å². The first-order chi connectivity index (χ1) is 14.4. The Kier molecular flexibility index (Phi) is 5.97. The van der Waals surface area contributed by atoms with Crippen LogP contribution < -0.4 is 14.8 Å². The van der Waals surface area contributed by atoms with Gasteiger partial charge in [0.1, 0.15) is 17.1 Å². The molecule has 30 heavy (non-hydrogen) atoms. The van der Waals surface area contributed by atoms with E-state index < -0.39 is 0 Å². The molecule has 0 aromatic heterocycles. The van der Waals surface area contributed by atoms with Crippen LogP contribution in [0.5, 0.6) is 11.5 Å². The number of amides is 1. The largest absolute Gasteiger partial charge is 0.497 e. The molecule has 1 fully saturated rings. The summed E-state index contributed by atoms with van der Waals surface area (Å²) in [5.74, 6) is 1.46. The normalized spacial score (nSPS) is 20.7. The van der Waals surface area contributed by atoms with Gasteiger partial charge in [0.25, 0.3) is 5.91 Å². The van der Waals surface area contributed by atoms with Gasteiger partial charge in [-0.15, -0.1) is 0 Å². The van der Waals surface area contributed by atoms with Crippen LogP contribution in [0, 0.1) is 0 Å². The molecule has 0 spiro atoms. The molecule has 1 amide bonds. The van der Waals surface area contributed by atoms with Gasteiger partial charge in [0.2, 0.25) is 0 Å². The number of rotatable bonds is 5. The number of methoxy groups -OCH3 is 1. The first kappa shape index (κ1) is 20.7. The molecule has 4 rings (SSSR count). The number of carbonyl (C=O) groups is 1. The van der Waals surface area contributed by atoms with Crippen LogP contribution >= 0.6 is 0 Å². The second kappa shape index (κ2) is 8.66. The Balaban J connectivity index is 1.46. The quantitative estimate of drug-likeness (QED) is 0.817. The SMILES string of the molecule is COc1ccc2c(c1)C(NC(=O)c1ccc(CN3CCOCC3)cc1)CC(C)(C)O2. The van der Waals surface area contributed by atoms with E-state index >= 15 is 0 Å². The predicted molar refractivity (Wildman–Crippen MR) is 115 cm³/mol. The van der Waals surface area contributed by atoms with Crippen molar-refractivity contribution >= 4 is 5.91 Å². The van der Waals surface area contributed by atoms with Crippen LogP contribution in [0.2, 0.25) is 0 Å². The van der Waals surface area contributed by atoms with Crippen molar-refractivity contribution in [3.05, 3.63) is 59.2 Å². The highest BCUT2D eigenvalue weighted by Gasteiger charge is 2.35. The molecule has 1 unspecified atom stereocenters. The van der Waals surface area contributed by atoms with Crippen LogP contribution in [0.3, 0.4) is 0 Å². The molecule has 2 aliphatic rings. The minimum atomic E-state index is -0.360. The average molecular weight is 411 g/mol. The minimum Gasteiger partial charge on any atom is -0.497 e. The van der Waals surface area contributed by atoms with Crippen LogP contribution in [-0.2, 0) is 11.3 Å². The van der Waals surface area contributed by atoms with E-state index in [2.05, 4.69) is 10.2 Å². The van der Waals surface area contributed by atoms with Crippen LogP contribution in [0.1, 0.15) is 47.8 Å². The molecule has 0 saturated carbocycles. The Hall–Kier alpha value is -2.57. The lowest BCUT2D eigenvalue weighted by Gasteiger charge is -2.38. The average Bonchev–Trinajstić information content (AvgIpc) is 2.74. The fraction of sp³-hybridized carbons (Fsp3) is 0.458. The highest BCUT2D eigenvalue weighted by atomic mass is 16.5. The lowest BCUT2D eigenvalue weighted by Crippen LogP contribution is -2.41. The summed E-state index contributed by atoms with van der Waals surface area (Å²) in [5, 5.41) is 3.20. The highest BCUT2D eigenvalue weighted by Crippen LogP contribution is 2.41. The lowest BCUT2D eigenvalue weighted by atomic mass is 9.89. The molecular formula is C24H30N2O4. The molecule has 1 N–H and O–H groups in total. The number of morpholine rings is 1.